The second-order valence-electron chi connectivity index (χ2n) is 4.71. The second kappa shape index (κ2) is 11.8. The van der Waals surface area contributed by atoms with Crippen LogP contribution < -0.4 is 10.6 Å². The molecule has 2 N–H and O–H groups in total. The summed E-state index contributed by atoms with van der Waals surface area (Å²) in [4.78, 5) is 12.8. The molecule has 0 spiro atoms. The van der Waals surface area contributed by atoms with Crippen LogP contribution in [0.2, 0.25) is 0 Å². The van der Waals surface area contributed by atoms with Crippen LogP contribution in [-0.4, -0.2) is 31.3 Å². The maximum absolute atomic E-state index is 12.8. The van der Waals surface area contributed by atoms with E-state index in [4.69, 9.17) is 0 Å². The molecule has 0 heterocycles. The monoisotopic (exact) mass is 334 g/mol. The highest BCUT2D eigenvalue weighted by Gasteiger charge is 2.12. The van der Waals surface area contributed by atoms with Crippen LogP contribution in [0.15, 0.2) is 29.2 Å². The van der Waals surface area contributed by atoms with Crippen molar-refractivity contribution in [2.24, 2.45) is 5.92 Å². The highest BCUT2D eigenvalue weighted by molar-refractivity contribution is 7.99. The van der Waals surface area contributed by atoms with Crippen molar-refractivity contribution in [3.63, 3.8) is 0 Å². The number of benzene rings is 1. The number of thioether (sulfide) groups is 1. The van der Waals surface area contributed by atoms with E-state index < -0.39 is 0 Å². The Balaban J connectivity index is 0.00000400. The zero-order chi connectivity index (χ0) is 14.8. The third kappa shape index (κ3) is 8.96. The summed E-state index contributed by atoms with van der Waals surface area (Å²) < 4.78 is 12.8. The molecule has 1 amide bonds. The van der Waals surface area contributed by atoms with Gasteiger partial charge in [0.1, 0.15) is 5.82 Å². The molecule has 0 fully saturated rings. The number of hydrogen-bond acceptors (Lipinski definition) is 3. The predicted molar refractivity (Wildman–Crippen MR) is 89.7 cm³/mol. The number of carbonyl (C=O) groups excluding carboxylic acids is 1. The largest absolute Gasteiger partial charge is 0.355 e. The molecule has 0 bridgehead atoms. The van der Waals surface area contributed by atoms with E-state index in [-0.39, 0.29) is 30.0 Å². The molecule has 0 aliphatic carbocycles. The van der Waals surface area contributed by atoms with Gasteiger partial charge >= 0.3 is 0 Å². The van der Waals surface area contributed by atoms with Crippen LogP contribution in [0.5, 0.6) is 0 Å². The minimum atomic E-state index is -0.236. The lowest BCUT2D eigenvalue weighted by atomic mass is 10.2. The summed E-state index contributed by atoms with van der Waals surface area (Å²) in [5, 5.41) is 6.15. The normalized spacial score (nSPS) is 11.6. The summed E-state index contributed by atoms with van der Waals surface area (Å²) >= 11 is 1.57. The maximum Gasteiger partial charge on any atom is 0.223 e. The van der Waals surface area contributed by atoms with E-state index in [1.165, 1.54) is 12.1 Å². The summed E-state index contributed by atoms with van der Waals surface area (Å²) in [6.45, 7) is 6.46. The Morgan fingerprint density at radius 2 is 1.90 bits per heavy atom. The molecule has 0 aliphatic heterocycles. The summed E-state index contributed by atoms with van der Waals surface area (Å²) in [6.07, 6.45) is 1.10. The van der Waals surface area contributed by atoms with E-state index >= 15 is 0 Å². The van der Waals surface area contributed by atoms with Crippen LogP contribution >= 0.6 is 24.2 Å². The number of nitrogens with one attached hydrogen (secondary N) is 2. The molecule has 0 saturated heterocycles. The molecule has 1 aromatic carbocycles. The maximum atomic E-state index is 12.8. The minimum Gasteiger partial charge on any atom is -0.355 e. The number of hydrogen-bond donors (Lipinski definition) is 2. The van der Waals surface area contributed by atoms with Crippen molar-refractivity contribution in [3.8, 4) is 0 Å². The van der Waals surface area contributed by atoms with Crippen molar-refractivity contribution in [3.05, 3.63) is 30.1 Å². The van der Waals surface area contributed by atoms with E-state index in [1.807, 2.05) is 6.92 Å². The van der Waals surface area contributed by atoms with E-state index in [0.29, 0.717) is 12.3 Å². The van der Waals surface area contributed by atoms with Gasteiger partial charge in [-0.05, 0) is 37.2 Å². The van der Waals surface area contributed by atoms with Crippen molar-refractivity contribution in [1.82, 2.24) is 10.6 Å². The fourth-order valence-electron chi connectivity index (χ4n) is 1.58. The van der Waals surface area contributed by atoms with Gasteiger partial charge in [-0.25, -0.2) is 4.39 Å². The Bertz CT molecular complexity index is 403. The Kier molecular flexibility index (Phi) is 11.4. The van der Waals surface area contributed by atoms with Gasteiger partial charge in [-0.1, -0.05) is 13.8 Å². The number of halogens is 2. The first-order valence-electron chi connectivity index (χ1n) is 7.00. The first-order valence-corrected chi connectivity index (χ1v) is 7.98. The quantitative estimate of drug-likeness (QED) is 0.538. The summed E-state index contributed by atoms with van der Waals surface area (Å²) in [5.74, 6) is 0.466. The number of rotatable bonds is 9. The average Bonchev–Trinajstić information content (AvgIpc) is 2.46. The number of carbonyl (C=O) groups is 1. The fraction of sp³-hybridized carbons (Fsp3) is 0.533. The zero-order valence-electron chi connectivity index (χ0n) is 12.5. The standard InChI is InChI=1S/C15H23FN2OS.ClH/c1-3-8-17-9-10-18-15(19)12(2)11-20-14-6-4-13(16)5-7-14;/h4-7,12,17H,3,8-11H2,1-2H3,(H,18,19);1H. The first kappa shape index (κ1) is 20.2. The molecule has 0 aromatic heterocycles. The van der Waals surface area contributed by atoms with Crippen LogP contribution in [-0.2, 0) is 4.79 Å². The smallest absolute Gasteiger partial charge is 0.223 e. The first-order chi connectivity index (χ1) is 9.63. The fourth-order valence-corrected chi connectivity index (χ4v) is 2.50. The Morgan fingerprint density at radius 1 is 1.24 bits per heavy atom. The van der Waals surface area contributed by atoms with Gasteiger partial charge in [0.15, 0.2) is 0 Å². The van der Waals surface area contributed by atoms with Crippen LogP contribution in [0.4, 0.5) is 4.39 Å². The van der Waals surface area contributed by atoms with Gasteiger partial charge in [-0.2, -0.15) is 0 Å². The Labute approximate surface area is 136 Å². The van der Waals surface area contributed by atoms with Crippen molar-refractivity contribution in [2.75, 3.05) is 25.4 Å². The lowest BCUT2D eigenvalue weighted by Gasteiger charge is -2.12. The van der Waals surface area contributed by atoms with Gasteiger partial charge in [0.05, 0.1) is 0 Å². The second-order valence-corrected chi connectivity index (χ2v) is 5.80. The van der Waals surface area contributed by atoms with E-state index in [1.54, 1.807) is 23.9 Å². The third-order valence-electron chi connectivity index (χ3n) is 2.79. The van der Waals surface area contributed by atoms with Crippen molar-refractivity contribution >= 4 is 30.1 Å². The predicted octanol–water partition coefficient (Wildman–Crippen LogP) is 3.09. The molecule has 0 aliphatic rings. The Morgan fingerprint density at radius 3 is 2.52 bits per heavy atom. The minimum absolute atomic E-state index is 0. The molecule has 1 atom stereocenters. The topological polar surface area (TPSA) is 41.1 Å². The molecule has 1 rings (SSSR count). The van der Waals surface area contributed by atoms with Gasteiger partial charge in [0.2, 0.25) is 5.91 Å². The van der Waals surface area contributed by atoms with Gasteiger partial charge < -0.3 is 10.6 Å². The van der Waals surface area contributed by atoms with E-state index in [2.05, 4.69) is 17.6 Å². The van der Waals surface area contributed by atoms with Crippen LogP contribution in [0.1, 0.15) is 20.3 Å². The third-order valence-corrected chi connectivity index (χ3v) is 4.06. The number of amides is 1. The van der Waals surface area contributed by atoms with Crippen molar-refractivity contribution in [2.45, 2.75) is 25.2 Å². The van der Waals surface area contributed by atoms with E-state index in [0.717, 1.165) is 24.4 Å². The van der Waals surface area contributed by atoms with Crippen LogP contribution in [0.3, 0.4) is 0 Å². The molecule has 3 nitrogen and oxygen atoms in total. The Hall–Kier alpha value is -0.780. The van der Waals surface area contributed by atoms with Gasteiger partial charge in [-0.15, -0.1) is 24.2 Å². The molecule has 21 heavy (non-hydrogen) atoms. The highest BCUT2D eigenvalue weighted by atomic mass is 35.5. The lowest BCUT2D eigenvalue weighted by molar-refractivity contribution is -0.123. The van der Waals surface area contributed by atoms with Gasteiger partial charge in [0, 0.05) is 29.7 Å². The highest BCUT2D eigenvalue weighted by Crippen LogP contribution is 2.20. The molecule has 6 heteroatoms. The lowest BCUT2D eigenvalue weighted by Crippen LogP contribution is -2.35. The van der Waals surface area contributed by atoms with E-state index in [9.17, 15) is 9.18 Å². The van der Waals surface area contributed by atoms with Crippen LogP contribution in [0, 0.1) is 11.7 Å². The SMILES string of the molecule is CCCNCCNC(=O)C(C)CSc1ccc(F)cc1.Cl. The average molecular weight is 335 g/mol. The molecule has 120 valence electrons. The van der Waals surface area contributed by atoms with Crippen molar-refractivity contribution in [1.29, 1.82) is 0 Å². The molecule has 0 saturated carbocycles. The molecule has 1 aromatic rings. The summed E-state index contributed by atoms with van der Waals surface area (Å²) in [7, 11) is 0. The van der Waals surface area contributed by atoms with Gasteiger partial charge in [-0.3, -0.25) is 4.79 Å². The summed E-state index contributed by atoms with van der Waals surface area (Å²) in [5.41, 5.74) is 0. The molecular formula is C15H24ClFN2OS. The van der Waals surface area contributed by atoms with Crippen LogP contribution in [0.25, 0.3) is 0 Å². The summed E-state index contributed by atoms with van der Waals surface area (Å²) in [6, 6.07) is 6.34. The van der Waals surface area contributed by atoms with Gasteiger partial charge in [0.25, 0.3) is 0 Å². The zero-order valence-corrected chi connectivity index (χ0v) is 14.2. The van der Waals surface area contributed by atoms with Crippen molar-refractivity contribution < 1.29 is 9.18 Å². The molecule has 0 radical (unpaired) electrons. The molecular weight excluding hydrogens is 311 g/mol. The molecule has 1 unspecified atom stereocenters.